The molecule has 0 spiro atoms. The van der Waals surface area contributed by atoms with Crippen LogP contribution in [0.4, 0.5) is 19.0 Å². The standard InChI is InChI=1S/C35H36F3N4O3P/c1-4-25-29(37)9-6-21-16-23(43)17-28(30(21)25)26-7-8-27-32(31(26)38)39-34(45-20-35-12-5-13-42(35)19-22(36)18-35)40-33(27)41-14-10-24(11-15-41)46(2,3)44/h1,6-9,16-17,22,24,43H,5,10-15,18-20H2,2-3H3/t22-,35+/m1/s1. The van der Waals surface area contributed by atoms with Crippen LogP contribution in [0.2, 0.25) is 0 Å². The summed E-state index contributed by atoms with van der Waals surface area (Å²) in [5, 5.41) is 11.8. The fraction of sp³-hybridized carbons (Fsp3) is 0.429. The first kappa shape index (κ1) is 30.8. The SMILES string of the molecule is C#Cc1c(F)ccc2cc(O)cc(-c3ccc4c(N5CCC(P(C)(C)=O)CC5)nc(OC[C@@]56CCCN5C[C@H](F)C6)nc4c3F)c12. The molecular formula is C35H36F3N4O3P. The summed E-state index contributed by atoms with van der Waals surface area (Å²) in [6.45, 7) is 6.14. The van der Waals surface area contributed by atoms with Crippen molar-refractivity contribution in [3.8, 4) is 35.2 Å². The van der Waals surface area contributed by atoms with E-state index in [1.54, 1.807) is 12.1 Å². The van der Waals surface area contributed by atoms with Crippen molar-refractivity contribution in [1.29, 1.82) is 0 Å². The average Bonchev–Trinajstić information content (AvgIpc) is 3.55. The van der Waals surface area contributed by atoms with Gasteiger partial charge >= 0.3 is 6.01 Å². The lowest BCUT2D eigenvalue weighted by Crippen LogP contribution is -2.43. The second kappa shape index (κ2) is 11.5. The molecule has 3 saturated heterocycles. The summed E-state index contributed by atoms with van der Waals surface area (Å²) < 4.78 is 65.1. The molecule has 0 amide bonds. The van der Waals surface area contributed by atoms with Crippen LogP contribution >= 0.6 is 7.14 Å². The van der Waals surface area contributed by atoms with Crippen LogP contribution < -0.4 is 9.64 Å². The zero-order valence-corrected chi connectivity index (χ0v) is 26.8. The summed E-state index contributed by atoms with van der Waals surface area (Å²) >= 11 is 0. The van der Waals surface area contributed by atoms with Gasteiger partial charge in [-0.05, 0) is 80.8 Å². The monoisotopic (exact) mass is 648 g/mol. The molecular weight excluding hydrogens is 612 g/mol. The second-order valence-corrected chi connectivity index (χ2v) is 16.9. The van der Waals surface area contributed by atoms with Gasteiger partial charge in [0.05, 0.1) is 18.2 Å². The summed E-state index contributed by atoms with van der Waals surface area (Å²) in [5.41, 5.74) is -0.0664. The van der Waals surface area contributed by atoms with Gasteiger partial charge in [0.25, 0.3) is 0 Å². The fourth-order valence-electron chi connectivity index (χ4n) is 7.76. The van der Waals surface area contributed by atoms with Crippen molar-refractivity contribution < 1.29 is 27.6 Å². The van der Waals surface area contributed by atoms with E-state index in [1.165, 1.54) is 24.3 Å². The normalized spacial score (nSPS) is 22.4. The number of alkyl halides is 1. The Kier molecular flexibility index (Phi) is 7.69. The first-order valence-electron chi connectivity index (χ1n) is 15.7. The van der Waals surface area contributed by atoms with Gasteiger partial charge < -0.3 is 19.3 Å². The average molecular weight is 649 g/mol. The highest BCUT2D eigenvalue weighted by molar-refractivity contribution is 7.63. The number of phenols is 1. The summed E-state index contributed by atoms with van der Waals surface area (Å²) in [7, 11) is -2.28. The number of hydrogen-bond acceptors (Lipinski definition) is 7. The maximum Gasteiger partial charge on any atom is 0.319 e. The summed E-state index contributed by atoms with van der Waals surface area (Å²) in [4.78, 5) is 13.5. The van der Waals surface area contributed by atoms with Crippen LogP contribution in [0.15, 0.2) is 36.4 Å². The third-order valence-corrected chi connectivity index (χ3v) is 12.4. The lowest BCUT2D eigenvalue weighted by molar-refractivity contribution is 0.107. The van der Waals surface area contributed by atoms with Gasteiger partial charge in [-0.1, -0.05) is 18.1 Å². The minimum Gasteiger partial charge on any atom is -0.508 e. The highest BCUT2D eigenvalue weighted by atomic mass is 31.2. The Labute approximate surface area is 266 Å². The molecule has 11 heteroatoms. The smallest absolute Gasteiger partial charge is 0.319 e. The summed E-state index contributed by atoms with van der Waals surface area (Å²) in [5.74, 6) is 1.43. The van der Waals surface area contributed by atoms with Gasteiger partial charge in [0.15, 0.2) is 5.82 Å². The number of piperidine rings is 1. The molecule has 3 fully saturated rings. The minimum absolute atomic E-state index is 0.00185. The van der Waals surface area contributed by atoms with Crippen LogP contribution in [-0.2, 0) is 4.57 Å². The van der Waals surface area contributed by atoms with E-state index in [2.05, 4.69) is 15.8 Å². The maximum absolute atomic E-state index is 16.8. The van der Waals surface area contributed by atoms with E-state index in [4.69, 9.17) is 16.1 Å². The number of nitrogens with zero attached hydrogens (tertiary/aromatic N) is 4. The molecule has 240 valence electrons. The molecule has 0 saturated carbocycles. The molecule has 3 aromatic carbocycles. The van der Waals surface area contributed by atoms with Crippen molar-refractivity contribution in [1.82, 2.24) is 14.9 Å². The lowest BCUT2D eigenvalue weighted by Gasteiger charge is -2.35. The first-order valence-corrected chi connectivity index (χ1v) is 18.4. The zero-order valence-electron chi connectivity index (χ0n) is 25.9. The number of ether oxygens (including phenoxy) is 1. The van der Waals surface area contributed by atoms with E-state index < -0.39 is 30.5 Å². The van der Waals surface area contributed by atoms with Crippen molar-refractivity contribution in [2.45, 2.75) is 49.5 Å². The Morgan fingerprint density at radius 3 is 2.63 bits per heavy atom. The third kappa shape index (κ3) is 5.28. The molecule has 1 aromatic heterocycles. The van der Waals surface area contributed by atoms with Crippen LogP contribution in [0.3, 0.4) is 0 Å². The van der Waals surface area contributed by atoms with Crippen LogP contribution in [0.25, 0.3) is 32.8 Å². The molecule has 4 heterocycles. The van der Waals surface area contributed by atoms with Gasteiger partial charge in [-0.15, -0.1) is 6.42 Å². The zero-order chi connectivity index (χ0) is 32.4. The number of anilines is 1. The van der Waals surface area contributed by atoms with E-state index in [1.807, 2.05) is 18.2 Å². The Hall–Kier alpha value is -3.80. The molecule has 46 heavy (non-hydrogen) atoms. The first-order chi connectivity index (χ1) is 22.0. The molecule has 7 rings (SSSR count). The van der Waals surface area contributed by atoms with Gasteiger partial charge in [0, 0.05) is 48.0 Å². The highest BCUT2D eigenvalue weighted by Gasteiger charge is 2.49. The number of fused-ring (bicyclic) bond motifs is 3. The Balaban J connectivity index is 1.35. The quantitative estimate of drug-likeness (QED) is 0.179. The van der Waals surface area contributed by atoms with Gasteiger partial charge in [-0.2, -0.15) is 9.97 Å². The number of aromatic nitrogens is 2. The molecule has 2 atom stereocenters. The molecule has 0 radical (unpaired) electrons. The molecule has 4 aromatic rings. The number of halogens is 3. The number of rotatable bonds is 6. The summed E-state index contributed by atoms with van der Waals surface area (Å²) in [6.07, 6.45) is 8.28. The Bertz CT molecular complexity index is 1950. The fourth-order valence-corrected chi connectivity index (χ4v) is 9.24. The number of terminal acetylenes is 1. The van der Waals surface area contributed by atoms with Crippen molar-refractivity contribution in [2.24, 2.45) is 0 Å². The van der Waals surface area contributed by atoms with Crippen molar-refractivity contribution in [3.63, 3.8) is 0 Å². The Morgan fingerprint density at radius 1 is 1.11 bits per heavy atom. The number of aromatic hydroxyl groups is 1. The van der Waals surface area contributed by atoms with E-state index in [9.17, 15) is 18.5 Å². The number of benzene rings is 3. The van der Waals surface area contributed by atoms with Gasteiger partial charge in [0.1, 0.15) is 35.7 Å². The van der Waals surface area contributed by atoms with Gasteiger partial charge in [-0.25, -0.2) is 13.2 Å². The maximum atomic E-state index is 16.8. The van der Waals surface area contributed by atoms with Crippen LogP contribution in [0.5, 0.6) is 11.8 Å². The molecule has 1 N–H and O–H groups in total. The van der Waals surface area contributed by atoms with Crippen LogP contribution in [0.1, 0.15) is 37.7 Å². The lowest BCUT2D eigenvalue weighted by atomic mass is 9.93. The minimum atomic E-state index is -2.28. The third-order valence-electron chi connectivity index (χ3n) is 10.1. The number of phenolic OH excluding ortho intramolecular Hbond substituents is 1. The second-order valence-electron chi connectivity index (χ2n) is 13.3. The van der Waals surface area contributed by atoms with Gasteiger partial charge in [0.2, 0.25) is 0 Å². The topological polar surface area (TPSA) is 78.8 Å². The van der Waals surface area contributed by atoms with E-state index in [-0.39, 0.29) is 46.2 Å². The predicted octanol–water partition coefficient (Wildman–Crippen LogP) is 6.96. The van der Waals surface area contributed by atoms with Crippen molar-refractivity contribution in [2.75, 3.05) is 51.0 Å². The van der Waals surface area contributed by atoms with E-state index >= 15 is 4.39 Å². The number of hydrogen-bond donors (Lipinski definition) is 1. The van der Waals surface area contributed by atoms with E-state index in [0.717, 1.165) is 19.4 Å². The molecule has 0 unspecified atom stereocenters. The van der Waals surface area contributed by atoms with Crippen LogP contribution in [-0.4, -0.2) is 83.5 Å². The van der Waals surface area contributed by atoms with Gasteiger partial charge in [-0.3, -0.25) is 4.90 Å². The molecule has 7 nitrogen and oxygen atoms in total. The molecule has 0 bridgehead atoms. The molecule has 0 aliphatic carbocycles. The van der Waals surface area contributed by atoms with Crippen molar-refractivity contribution in [3.05, 3.63) is 53.6 Å². The predicted molar refractivity (Wildman–Crippen MR) is 175 cm³/mol. The molecule has 3 aliphatic rings. The van der Waals surface area contributed by atoms with Crippen LogP contribution in [0, 0.1) is 24.0 Å². The summed E-state index contributed by atoms with van der Waals surface area (Å²) in [6, 6.07) is 8.81. The van der Waals surface area contributed by atoms with E-state index in [0.29, 0.717) is 60.9 Å². The largest absolute Gasteiger partial charge is 0.508 e. The van der Waals surface area contributed by atoms with Crippen molar-refractivity contribution >= 4 is 34.6 Å². The Morgan fingerprint density at radius 2 is 1.89 bits per heavy atom. The highest BCUT2D eigenvalue weighted by Crippen LogP contribution is 2.48. The molecule has 3 aliphatic heterocycles.